The van der Waals surface area contributed by atoms with E-state index in [0.717, 1.165) is 18.2 Å². The topological polar surface area (TPSA) is 92.8 Å². The number of halogens is 1. The second-order valence-corrected chi connectivity index (χ2v) is 7.47. The molecule has 0 spiro atoms. The first-order chi connectivity index (χ1) is 11.6. The lowest BCUT2D eigenvalue weighted by molar-refractivity contribution is -0.124. The molecule has 7 nitrogen and oxygen atoms in total. The molecule has 0 heterocycles. The van der Waals surface area contributed by atoms with Gasteiger partial charge in [-0.2, -0.15) is 4.31 Å². The average Bonchev–Trinajstić information content (AvgIpc) is 2.53. The van der Waals surface area contributed by atoms with Gasteiger partial charge in [0.05, 0.1) is 10.5 Å². The smallest absolute Gasteiger partial charge is 0.341 e. The van der Waals surface area contributed by atoms with Gasteiger partial charge in [-0.1, -0.05) is 13.8 Å². The summed E-state index contributed by atoms with van der Waals surface area (Å²) in [6.45, 7) is 6.72. The minimum atomic E-state index is -3.84. The molecule has 0 unspecified atom stereocenters. The fourth-order valence-corrected chi connectivity index (χ4v) is 3.59. The predicted octanol–water partition coefficient (Wildman–Crippen LogP) is 1.54. The third kappa shape index (κ3) is 5.50. The van der Waals surface area contributed by atoms with Gasteiger partial charge >= 0.3 is 5.97 Å². The fraction of sp³-hybridized carbons (Fsp3) is 0.500. The Bertz CT molecular complexity index is 730. The van der Waals surface area contributed by atoms with Crippen LogP contribution in [0.2, 0.25) is 0 Å². The first-order valence-corrected chi connectivity index (χ1v) is 9.33. The molecule has 0 aliphatic heterocycles. The van der Waals surface area contributed by atoms with Crippen molar-refractivity contribution in [2.45, 2.75) is 38.6 Å². The molecule has 0 bridgehead atoms. The van der Waals surface area contributed by atoms with Crippen LogP contribution in [0.3, 0.4) is 0 Å². The summed E-state index contributed by atoms with van der Waals surface area (Å²) in [6.07, 6.45) is 0. The number of rotatable bonds is 8. The second-order valence-electron chi connectivity index (χ2n) is 5.53. The van der Waals surface area contributed by atoms with E-state index in [-0.39, 0.29) is 24.0 Å². The van der Waals surface area contributed by atoms with Gasteiger partial charge in [0.1, 0.15) is 5.82 Å². The maximum Gasteiger partial charge on any atom is 0.341 e. The van der Waals surface area contributed by atoms with Crippen molar-refractivity contribution in [2.75, 3.05) is 19.7 Å². The highest BCUT2D eigenvalue weighted by molar-refractivity contribution is 7.89. The Morgan fingerprint density at radius 1 is 1.24 bits per heavy atom. The van der Waals surface area contributed by atoms with Gasteiger partial charge in [-0.3, -0.25) is 4.79 Å². The Hall–Kier alpha value is -2.00. The van der Waals surface area contributed by atoms with Crippen LogP contribution >= 0.6 is 0 Å². The van der Waals surface area contributed by atoms with Gasteiger partial charge in [-0.25, -0.2) is 17.6 Å². The summed E-state index contributed by atoms with van der Waals surface area (Å²) in [5.74, 6) is -2.56. The van der Waals surface area contributed by atoms with E-state index in [2.05, 4.69) is 5.32 Å². The minimum Gasteiger partial charge on any atom is -0.452 e. The maximum atomic E-state index is 13.9. The van der Waals surface area contributed by atoms with Crippen LogP contribution in [-0.4, -0.2) is 50.3 Å². The van der Waals surface area contributed by atoms with Gasteiger partial charge in [0.25, 0.3) is 5.91 Å². The minimum absolute atomic E-state index is 0.134. The van der Waals surface area contributed by atoms with Crippen LogP contribution in [0, 0.1) is 5.82 Å². The number of carbonyl (C=O) groups excluding carboxylic acids is 2. The Labute approximate surface area is 147 Å². The van der Waals surface area contributed by atoms with Gasteiger partial charge in [0.15, 0.2) is 6.61 Å². The summed E-state index contributed by atoms with van der Waals surface area (Å²) < 4.78 is 44.7. The van der Waals surface area contributed by atoms with Crippen molar-refractivity contribution in [3.8, 4) is 0 Å². The van der Waals surface area contributed by atoms with Crippen molar-refractivity contribution in [2.24, 2.45) is 0 Å². The normalized spacial score (nSPS) is 11.6. The number of sulfonamides is 1. The fourth-order valence-electron chi connectivity index (χ4n) is 2.11. The lowest BCUT2D eigenvalue weighted by Gasteiger charge is -2.18. The molecule has 1 aromatic carbocycles. The number of ether oxygens (including phenoxy) is 1. The standard InChI is InChI=1S/C16H23FN2O5S/c1-5-19(6-2)25(22,23)12-7-8-14(17)13(9-12)16(21)24-10-15(20)18-11(3)4/h7-9,11H,5-6,10H2,1-4H3,(H,18,20). The molecule has 1 aromatic rings. The molecule has 140 valence electrons. The van der Waals surface area contributed by atoms with E-state index in [1.165, 1.54) is 4.31 Å². The number of hydrogen-bond donors (Lipinski definition) is 1. The van der Waals surface area contributed by atoms with E-state index < -0.39 is 39.9 Å². The summed E-state index contributed by atoms with van der Waals surface area (Å²) in [5.41, 5.74) is -0.537. The van der Waals surface area contributed by atoms with E-state index in [1.54, 1.807) is 27.7 Å². The predicted molar refractivity (Wildman–Crippen MR) is 90.1 cm³/mol. The number of amides is 1. The highest BCUT2D eigenvalue weighted by Gasteiger charge is 2.25. The third-order valence-electron chi connectivity index (χ3n) is 3.28. The number of carbonyl (C=O) groups is 2. The van der Waals surface area contributed by atoms with Gasteiger partial charge in [0, 0.05) is 19.1 Å². The van der Waals surface area contributed by atoms with Gasteiger partial charge < -0.3 is 10.1 Å². The SMILES string of the molecule is CCN(CC)S(=O)(=O)c1ccc(F)c(C(=O)OCC(=O)NC(C)C)c1. The van der Waals surface area contributed by atoms with Crippen molar-refractivity contribution in [3.63, 3.8) is 0 Å². The summed E-state index contributed by atoms with van der Waals surface area (Å²) in [6, 6.07) is 2.77. The molecule has 0 aliphatic carbocycles. The Kier molecular flexibility index (Phi) is 7.50. The second kappa shape index (κ2) is 8.91. The number of nitrogens with zero attached hydrogens (tertiary/aromatic N) is 1. The molecule has 1 N–H and O–H groups in total. The molecule has 1 amide bonds. The lowest BCUT2D eigenvalue weighted by atomic mass is 10.2. The molecule has 9 heteroatoms. The average molecular weight is 374 g/mol. The number of nitrogens with one attached hydrogen (secondary N) is 1. The summed E-state index contributed by atoms with van der Waals surface area (Å²) in [5, 5.41) is 2.52. The molecule has 0 saturated carbocycles. The Morgan fingerprint density at radius 3 is 2.36 bits per heavy atom. The van der Waals surface area contributed by atoms with Crippen molar-refractivity contribution < 1.29 is 27.1 Å². The van der Waals surface area contributed by atoms with Crippen LogP contribution in [0.5, 0.6) is 0 Å². The highest BCUT2D eigenvalue weighted by atomic mass is 32.2. The van der Waals surface area contributed by atoms with Crippen LogP contribution in [0.15, 0.2) is 23.1 Å². The third-order valence-corrected chi connectivity index (χ3v) is 5.33. The summed E-state index contributed by atoms with van der Waals surface area (Å²) in [4.78, 5) is 23.3. The van der Waals surface area contributed by atoms with Gasteiger partial charge in [-0.15, -0.1) is 0 Å². The van der Waals surface area contributed by atoms with E-state index in [1.807, 2.05) is 0 Å². The van der Waals surface area contributed by atoms with Crippen molar-refractivity contribution in [1.29, 1.82) is 0 Å². The van der Waals surface area contributed by atoms with Crippen molar-refractivity contribution in [1.82, 2.24) is 9.62 Å². The highest BCUT2D eigenvalue weighted by Crippen LogP contribution is 2.19. The monoisotopic (exact) mass is 374 g/mol. The van der Waals surface area contributed by atoms with Gasteiger partial charge in [-0.05, 0) is 32.0 Å². The van der Waals surface area contributed by atoms with Crippen LogP contribution in [0.25, 0.3) is 0 Å². The zero-order valence-corrected chi connectivity index (χ0v) is 15.5. The molecule has 0 aliphatic rings. The van der Waals surface area contributed by atoms with E-state index in [9.17, 15) is 22.4 Å². The molecule has 0 saturated heterocycles. The molecular formula is C16H23FN2O5S. The Balaban J connectivity index is 3.02. The molecule has 0 aromatic heterocycles. The maximum absolute atomic E-state index is 13.9. The summed E-state index contributed by atoms with van der Waals surface area (Å²) >= 11 is 0. The number of hydrogen-bond acceptors (Lipinski definition) is 5. The zero-order chi connectivity index (χ0) is 19.2. The number of esters is 1. The van der Waals surface area contributed by atoms with E-state index in [0.29, 0.717) is 0 Å². The van der Waals surface area contributed by atoms with Crippen LogP contribution in [0.1, 0.15) is 38.1 Å². The quantitative estimate of drug-likeness (QED) is 0.697. The van der Waals surface area contributed by atoms with E-state index >= 15 is 0 Å². The lowest BCUT2D eigenvalue weighted by Crippen LogP contribution is -2.34. The summed E-state index contributed by atoms with van der Waals surface area (Å²) in [7, 11) is -3.84. The molecule has 0 fully saturated rings. The number of benzene rings is 1. The molecule has 0 atom stereocenters. The van der Waals surface area contributed by atoms with Crippen molar-refractivity contribution >= 4 is 21.9 Å². The molecular weight excluding hydrogens is 351 g/mol. The van der Waals surface area contributed by atoms with Crippen LogP contribution in [0.4, 0.5) is 4.39 Å². The molecule has 1 rings (SSSR count). The van der Waals surface area contributed by atoms with Crippen LogP contribution < -0.4 is 5.32 Å². The molecule has 0 radical (unpaired) electrons. The first-order valence-electron chi connectivity index (χ1n) is 7.89. The van der Waals surface area contributed by atoms with Gasteiger partial charge in [0.2, 0.25) is 10.0 Å². The van der Waals surface area contributed by atoms with Crippen LogP contribution in [-0.2, 0) is 19.6 Å². The Morgan fingerprint density at radius 2 is 1.84 bits per heavy atom. The molecule has 25 heavy (non-hydrogen) atoms. The zero-order valence-electron chi connectivity index (χ0n) is 14.7. The van der Waals surface area contributed by atoms with Crippen molar-refractivity contribution in [3.05, 3.63) is 29.6 Å². The first kappa shape index (κ1) is 21.0. The largest absolute Gasteiger partial charge is 0.452 e. The van der Waals surface area contributed by atoms with E-state index in [4.69, 9.17) is 4.74 Å².